The molecule has 14 heavy (non-hydrogen) atoms. The SMILES string of the molecule is C[C@H]1CCc2nc3[nH][nH]c(=O)c3cc21. The number of nitrogens with zero attached hydrogens (tertiary/aromatic N) is 1. The summed E-state index contributed by atoms with van der Waals surface area (Å²) >= 11 is 0. The van der Waals surface area contributed by atoms with Crippen LogP contribution in [0.5, 0.6) is 0 Å². The molecule has 0 bridgehead atoms. The molecule has 2 aromatic rings. The molecule has 1 atom stereocenters. The van der Waals surface area contributed by atoms with E-state index in [0.29, 0.717) is 17.0 Å². The summed E-state index contributed by atoms with van der Waals surface area (Å²) < 4.78 is 0. The molecule has 1 aliphatic rings. The van der Waals surface area contributed by atoms with Crippen molar-refractivity contribution in [2.24, 2.45) is 0 Å². The molecule has 2 heterocycles. The fourth-order valence-corrected chi connectivity index (χ4v) is 2.15. The number of rotatable bonds is 0. The first-order chi connectivity index (χ1) is 6.75. The van der Waals surface area contributed by atoms with Crippen LogP contribution in [0.2, 0.25) is 0 Å². The van der Waals surface area contributed by atoms with Crippen LogP contribution in [0.4, 0.5) is 0 Å². The van der Waals surface area contributed by atoms with Crippen molar-refractivity contribution in [2.75, 3.05) is 0 Å². The number of hydrogen-bond donors (Lipinski definition) is 2. The maximum atomic E-state index is 11.4. The van der Waals surface area contributed by atoms with E-state index >= 15 is 0 Å². The monoisotopic (exact) mass is 189 g/mol. The summed E-state index contributed by atoms with van der Waals surface area (Å²) in [6.07, 6.45) is 2.17. The Bertz CT molecular complexity index is 552. The van der Waals surface area contributed by atoms with Gasteiger partial charge >= 0.3 is 0 Å². The highest BCUT2D eigenvalue weighted by Gasteiger charge is 2.21. The molecule has 0 amide bonds. The highest BCUT2D eigenvalue weighted by atomic mass is 16.1. The van der Waals surface area contributed by atoms with Crippen molar-refractivity contribution in [3.63, 3.8) is 0 Å². The zero-order valence-corrected chi connectivity index (χ0v) is 7.92. The number of H-pyrrole nitrogens is 2. The minimum atomic E-state index is -0.0746. The minimum Gasteiger partial charge on any atom is -0.281 e. The van der Waals surface area contributed by atoms with E-state index in [4.69, 9.17) is 0 Å². The van der Waals surface area contributed by atoms with Gasteiger partial charge in [0, 0.05) is 5.69 Å². The summed E-state index contributed by atoms with van der Waals surface area (Å²) in [5.41, 5.74) is 2.99. The largest absolute Gasteiger partial charge is 0.281 e. The number of aromatic nitrogens is 3. The molecule has 4 nitrogen and oxygen atoms in total. The second-order valence-corrected chi connectivity index (χ2v) is 3.94. The third kappa shape index (κ3) is 0.880. The van der Waals surface area contributed by atoms with Crippen molar-refractivity contribution >= 4 is 11.0 Å². The van der Waals surface area contributed by atoms with Crippen molar-refractivity contribution in [3.8, 4) is 0 Å². The average molecular weight is 189 g/mol. The number of aryl methyl sites for hydroxylation is 1. The van der Waals surface area contributed by atoms with Gasteiger partial charge in [-0.1, -0.05) is 6.92 Å². The molecule has 0 aliphatic heterocycles. The molecule has 1 aliphatic carbocycles. The van der Waals surface area contributed by atoms with Crippen LogP contribution in [0.15, 0.2) is 10.9 Å². The first-order valence-electron chi connectivity index (χ1n) is 4.86. The van der Waals surface area contributed by atoms with Gasteiger partial charge in [0.2, 0.25) is 0 Å². The number of pyridine rings is 1. The molecule has 72 valence electrons. The van der Waals surface area contributed by atoms with Crippen molar-refractivity contribution in [1.29, 1.82) is 0 Å². The molecule has 4 heteroatoms. The molecule has 0 radical (unpaired) electrons. The van der Waals surface area contributed by atoms with Gasteiger partial charge in [-0.15, -0.1) is 0 Å². The summed E-state index contributed by atoms with van der Waals surface area (Å²) in [7, 11) is 0. The van der Waals surface area contributed by atoms with Gasteiger partial charge in [-0.25, -0.2) is 4.98 Å². The number of fused-ring (bicyclic) bond motifs is 2. The van der Waals surface area contributed by atoms with E-state index in [2.05, 4.69) is 22.1 Å². The van der Waals surface area contributed by atoms with Gasteiger partial charge in [0.1, 0.15) is 0 Å². The summed E-state index contributed by atoms with van der Waals surface area (Å²) in [4.78, 5) is 15.8. The Morgan fingerprint density at radius 3 is 3.21 bits per heavy atom. The van der Waals surface area contributed by atoms with Crippen molar-refractivity contribution < 1.29 is 0 Å². The zero-order valence-electron chi connectivity index (χ0n) is 7.92. The smallest absolute Gasteiger partial charge is 0.273 e. The Balaban J connectivity index is 2.40. The van der Waals surface area contributed by atoms with Crippen LogP contribution in [0, 0.1) is 0 Å². The average Bonchev–Trinajstić information content (AvgIpc) is 2.71. The topological polar surface area (TPSA) is 61.5 Å². The maximum Gasteiger partial charge on any atom is 0.273 e. The molecule has 0 saturated heterocycles. The zero-order chi connectivity index (χ0) is 9.71. The van der Waals surface area contributed by atoms with Gasteiger partial charge in [0.05, 0.1) is 5.39 Å². The lowest BCUT2D eigenvalue weighted by Gasteiger charge is -2.02. The summed E-state index contributed by atoms with van der Waals surface area (Å²) in [6.45, 7) is 2.18. The predicted octanol–water partition coefficient (Wildman–Crippen LogP) is 1.30. The Kier molecular flexibility index (Phi) is 1.37. The number of hydrogen-bond acceptors (Lipinski definition) is 2. The van der Waals surface area contributed by atoms with E-state index in [1.807, 2.05) is 6.07 Å². The second kappa shape index (κ2) is 2.47. The lowest BCUT2D eigenvalue weighted by Crippen LogP contribution is -1.99. The summed E-state index contributed by atoms with van der Waals surface area (Å²) in [6, 6.07) is 1.98. The molecule has 0 spiro atoms. The highest BCUT2D eigenvalue weighted by Crippen LogP contribution is 2.32. The van der Waals surface area contributed by atoms with E-state index in [9.17, 15) is 4.79 Å². The highest BCUT2D eigenvalue weighted by molar-refractivity contribution is 5.75. The van der Waals surface area contributed by atoms with Gasteiger partial charge in [0.25, 0.3) is 5.56 Å². The van der Waals surface area contributed by atoms with Crippen molar-refractivity contribution in [1.82, 2.24) is 15.2 Å². The standard InChI is InChI=1S/C10H11N3O/c1-5-2-3-8-6(5)4-7-9(11-8)12-13-10(7)14/h4-5H,2-3H2,1H3,(H2,11,12,13,14)/t5-/m0/s1. The molecule has 0 unspecified atom stereocenters. The predicted molar refractivity (Wildman–Crippen MR) is 53.5 cm³/mol. The van der Waals surface area contributed by atoms with E-state index in [1.165, 1.54) is 5.56 Å². The lowest BCUT2D eigenvalue weighted by molar-refractivity contribution is 0.746. The van der Waals surface area contributed by atoms with Crippen molar-refractivity contribution in [3.05, 3.63) is 27.7 Å². The molecule has 0 saturated carbocycles. The molecular formula is C10H11N3O. The molecule has 2 N–H and O–H groups in total. The third-order valence-electron chi connectivity index (χ3n) is 3.02. The van der Waals surface area contributed by atoms with Gasteiger partial charge < -0.3 is 0 Å². The summed E-state index contributed by atoms with van der Waals surface area (Å²) in [5.74, 6) is 0.538. The Morgan fingerprint density at radius 2 is 2.36 bits per heavy atom. The Morgan fingerprint density at radius 1 is 1.50 bits per heavy atom. The quantitative estimate of drug-likeness (QED) is 0.656. The van der Waals surface area contributed by atoms with Crippen LogP contribution < -0.4 is 5.56 Å². The maximum absolute atomic E-state index is 11.4. The van der Waals surface area contributed by atoms with Crippen LogP contribution in [0.1, 0.15) is 30.5 Å². The van der Waals surface area contributed by atoms with Gasteiger partial charge in [-0.05, 0) is 30.4 Å². The second-order valence-electron chi connectivity index (χ2n) is 3.94. The third-order valence-corrected chi connectivity index (χ3v) is 3.02. The van der Waals surface area contributed by atoms with Gasteiger partial charge in [-0.3, -0.25) is 15.0 Å². The van der Waals surface area contributed by atoms with E-state index < -0.39 is 0 Å². The van der Waals surface area contributed by atoms with Crippen LogP contribution in [0.25, 0.3) is 11.0 Å². The number of nitrogens with one attached hydrogen (secondary N) is 2. The fourth-order valence-electron chi connectivity index (χ4n) is 2.15. The molecule has 2 aromatic heterocycles. The van der Waals surface area contributed by atoms with Crippen LogP contribution in [-0.4, -0.2) is 15.2 Å². The Hall–Kier alpha value is -1.58. The molecule has 0 aromatic carbocycles. The van der Waals surface area contributed by atoms with Crippen LogP contribution in [0.3, 0.4) is 0 Å². The van der Waals surface area contributed by atoms with Crippen LogP contribution in [-0.2, 0) is 6.42 Å². The lowest BCUT2D eigenvalue weighted by atomic mass is 10.1. The summed E-state index contributed by atoms with van der Waals surface area (Å²) in [5, 5.41) is 6.01. The first-order valence-corrected chi connectivity index (χ1v) is 4.86. The van der Waals surface area contributed by atoms with Crippen LogP contribution >= 0.6 is 0 Å². The van der Waals surface area contributed by atoms with E-state index in [1.54, 1.807) is 0 Å². The van der Waals surface area contributed by atoms with Crippen molar-refractivity contribution in [2.45, 2.75) is 25.7 Å². The van der Waals surface area contributed by atoms with E-state index in [-0.39, 0.29) is 5.56 Å². The number of aromatic amines is 2. The van der Waals surface area contributed by atoms with Gasteiger partial charge in [0.15, 0.2) is 5.65 Å². The fraction of sp³-hybridized carbons (Fsp3) is 0.400. The normalized spacial score (nSPS) is 20.2. The van der Waals surface area contributed by atoms with E-state index in [0.717, 1.165) is 18.5 Å². The molecular weight excluding hydrogens is 178 g/mol. The first kappa shape index (κ1) is 7.79. The molecule has 3 rings (SSSR count). The minimum absolute atomic E-state index is 0.0746. The Labute approximate surface area is 80.3 Å². The molecule has 0 fully saturated rings. The van der Waals surface area contributed by atoms with Gasteiger partial charge in [-0.2, -0.15) is 0 Å².